The van der Waals surface area contributed by atoms with Crippen molar-refractivity contribution in [2.75, 3.05) is 13.1 Å². The molecule has 0 radical (unpaired) electrons. The average Bonchev–Trinajstić information content (AvgIpc) is 2.03. The van der Waals surface area contributed by atoms with E-state index in [4.69, 9.17) is 0 Å². The number of likely N-dealkylation sites (tertiary alicyclic amines) is 1. The fourth-order valence-corrected chi connectivity index (χ4v) is 1.74. The van der Waals surface area contributed by atoms with Crippen molar-refractivity contribution in [2.45, 2.75) is 32.7 Å². The van der Waals surface area contributed by atoms with Gasteiger partial charge in [0.2, 0.25) is 0 Å². The first-order valence-corrected chi connectivity index (χ1v) is 4.60. The second-order valence-corrected chi connectivity index (χ2v) is 3.72. The van der Waals surface area contributed by atoms with Crippen molar-refractivity contribution in [1.82, 2.24) is 4.90 Å². The Labute approximate surface area is 70.1 Å². The first kappa shape index (κ1) is 8.79. The molecule has 1 heterocycles. The van der Waals surface area contributed by atoms with E-state index < -0.39 is 0 Å². The van der Waals surface area contributed by atoms with E-state index in [1.54, 1.807) is 0 Å². The molecular formula is C10H19N. The second kappa shape index (κ2) is 3.91. The molecule has 1 rings (SSSR count). The minimum Gasteiger partial charge on any atom is -0.297 e. The van der Waals surface area contributed by atoms with Crippen LogP contribution in [0.3, 0.4) is 0 Å². The van der Waals surface area contributed by atoms with Crippen LogP contribution in [0.1, 0.15) is 26.7 Å². The molecule has 11 heavy (non-hydrogen) atoms. The Balaban J connectivity index is 2.38. The zero-order chi connectivity index (χ0) is 8.27. The van der Waals surface area contributed by atoms with Gasteiger partial charge in [0.05, 0.1) is 0 Å². The molecule has 0 aliphatic carbocycles. The van der Waals surface area contributed by atoms with E-state index in [-0.39, 0.29) is 0 Å². The highest BCUT2D eigenvalue weighted by Crippen LogP contribution is 2.17. The lowest BCUT2D eigenvalue weighted by Gasteiger charge is -2.34. The van der Waals surface area contributed by atoms with E-state index in [1.165, 1.54) is 25.9 Å². The Morgan fingerprint density at radius 1 is 1.64 bits per heavy atom. The number of rotatable bonds is 2. The van der Waals surface area contributed by atoms with Crippen molar-refractivity contribution in [1.29, 1.82) is 0 Å². The van der Waals surface area contributed by atoms with Gasteiger partial charge < -0.3 is 0 Å². The quantitative estimate of drug-likeness (QED) is 0.550. The zero-order valence-electron chi connectivity index (χ0n) is 7.71. The summed E-state index contributed by atoms with van der Waals surface area (Å²) in [7, 11) is 0. The van der Waals surface area contributed by atoms with Gasteiger partial charge in [-0.3, -0.25) is 4.90 Å². The molecule has 0 spiro atoms. The Hall–Kier alpha value is -0.300. The molecule has 0 saturated carbocycles. The molecule has 64 valence electrons. The zero-order valence-corrected chi connectivity index (χ0v) is 7.71. The number of piperidine rings is 1. The van der Waals surface area contributed by atoms with E-state index in [9.17, 15) is 0 Å². The highest BCUT2D eigenvalue weighted by molar-refractivity contribution is 4.86. The van der Waals surface area contributed by atoms with Crippen LogP contribution < -0.4 is 0 Å². The molecule has 1 nitrogen and oxygen atoms in total. The Morgan fingerprint density at radius 3 is 2.91 bits per heavy atom. The van der Waals surface area contributed by atoms with E-state index in [2.05, 4.69) is 25.3 Å². The van der Waals surface area contributed by atoms with Crippen LogP contribution in [0, 0.1) is 5.92 Å². The van der Waals surface area contributed by atoms with Gasteiger partial charge in [0, 0.05) is 12.6 Å². The van der Waals surface area contributed by atoms with Crippen molar-refractivity contribution in [2.24, 2.45) is 5.92 Å². The summed E-state index contributed by atoms with van der Waals surface area (Å²) in [5.74, 6) is 0.881. The van der Waals surface area contributed by atoms with Crippen molar-refractivity contribution >= 4 is 0 Å². The molecular weight excluding hydrogens is 134 g/mol. The Kier molecular flexibility index (Phi) is 3.13. The van der Waals surface area contributed by atoms with E-state index in [0.717, 1.165) is 5.92 Å². The highest BCUT2D eigenvalue weighted by atomic mass is 15.2. The second-order valence-electron chi connectivity index (χ2n) is 3.72. The molecule has 1 aliphatic rings. The monoisotopic (exact) mass is 153 g/mol. The SMILES string of the molecule is C=CC(C)N1CCCC(C)C1. The maximum absolute atomic E-state index is 3.82. The molecule has 1 heteroatoms. The predicted molar refractivity (Wildman–Crippen MR) is 49.6 cm³/mol. The summed E-state index contributed by atoms with van der Waals surface area (Å²) >= 11 is 0. The summed E-state index contributed by atoms with van der Waals surface area (Å²) in [6.07, 6.45) is 4.80. The third-order valence-corrected chi connectivity index (χ3v) is 2.61. The lowest BCUT2D eigenvalue weighted by Crippen LogP contribution is -2.39. The first-order valence-electron chi connectivity index (χ1n) is 4.60. The minimum atomic E-state index is 0.567. The van der Waals surface area contributed by atoms with Gasteiger partial charge in [-0.25, -0.2) is 0 Å². The fourth-order valence-electron chi connectivity index (χ4n) is 1.74. The molecule has 1 saturated heterocycles. The van der Waals surface area contributed by atoms with Gasteiger partial charge in [0.25, 0.3) is 0 Å². The smallest absolute Gasteiger partial charge is 0.0247 e. The van der Waals surface area contributed by atoms with Gasteiger partial charge in [0.15, 0.2) is 0 Å². The molecule has 0 aromatic carbocycles. The number of hydrogen-bond acceptors (Lipinski definition) is 1. The Morgan fingerprint density at radius 2 is 2.36 bits per heavy atom. The van der Waals surface area contributed by atoms with Gasteiger partial charge in [-0.05, 0) is 32.2 Å². The topological polar surface area (TPSA) is 3.24 Å². The van der Waals surface area contributed by atoms with Crippen molar-refractivity contribution in [3.8, 4) is 0 Å². The van der Waals surface area contributed by atoms with E-state index >= 15 is 0 Å². The van der Waals surface area contributed by atoms with Crippen molar-refractivity contribution in [3.63, 3.8) is 0 Å². The van der Waals surface area contributed by atoms with Crippen LogP contribution in [-0.2, 0) is 0 Å². The average molecular weight is 153 g/mol. The van der Waals surface area contributed by atoms with Crippen LogP contribution in [0.15, 0.2) is 12.7 Å². The van der Waals surface area contributed by atoms with E-state index in [0.29, 0.717) is 6.04 Å². The molecule has 0 aromatic rings. The summed E-state index contributed by atoms with van der Waals surface area (Å²) in [6.45, 7) is 10.9. The van der Waals surface area contributed by atoms with Gasteiger partial charge >= 0.3 is 0 Å². The maximum Gasteiger partial charge on any atom is 0.0247 e. The van der Waals surface area contributed by atoms with Crippen LogP contribution in [0.4, 0.5) is 0 Å². The molecule has 1 fully saturated rings. The van der Waals surface area contributed by atoms with Gasteiger partial charge in [-0.1, -0.05) is 13.0 Å². The van der Waals surface area contributed by atoms with E-state index in [1.807, 2.05) is 6.08 Å². The highest BCUT2D eigenvalue weighted by Gasteiger charge is 2.18. The lowest BCUT2D eigenvalue weighted by atomic mass is 9.99. The molecule has 1 aliphatic heterocycles. The summed E-state index contributed by atoms with van der Waals surface area (Å²) in [5.41, 5.74) is 0. The Bertz CT molecular complexity index is 131. The molecule has 0 aromatic heterocycles. The largest absolute Gasteiger partial charge is 0.297 e. The molecule has 0 N–H and O–H groups in total. The van der Waals surface area contributed by atoms with Crippen LogP contribution >= 0.6 is 0 Å². The van der Waals surface area contributed by atoms with Gasteiger partial charge in [-0.2, -0.15) is 0 Å². The minimum absolute atomic E-state index is 0.567. The summed E-state index contributed by atoms with van der Waals surface area (Å²) < 4.78 is 0. The van der Waals surface area contributed by atoms with Crippen LogP contribution in [0.2, 0.25) is 0 Å². The fraction of sp³-hybridized carbons (Fsp3) is 0.800. The van der Waals surface area contributed by atoms with Gasteiger partial charge in [0.1, 0.15) is 0 Å². The molecule has 2 atom stereocenters. The molecule has 0 bridgehead atoms. The third-order valence-electron chi connectivity index (χ3n) is 2.61. The van der Waals surface area contributed by atoms with Crippen LogP contribution in [0.25, 0.3) is 0 Å². The summed E-state index contributed by atoms with van der Waals surface area (Å²) in [5, 5.41) is 0. The van der Waals surface area contributed by atoms with Crippen molar-refractivity contribution < 1.29 is 0 Å². The summed E-state index contributed by atoms with van der Waals surface area (Å²) in [4.78, 5) is 2.52. The first-order chi connectivity index (χ1) is 5.24. The normalized spacial score (nSPS) is 29.8. The number of nitrogens with zero attached hydrogens (tertiary/aromatic N) is 1. The predicted octanol–water partition coefficient (Wildman–Crippen LogP) is 2.29. The number of hydrogen-bond donors (Lipinski definition) is 0. The van der Waals surface area contributed by atoms with Crippen LogP contribution in [-0.4, -0.2) is 24.0 Å². The lowest BCUT2D eigenvalue weighted by molar-refractivity contribution is 0.161. The third kappa shape index (κ3) is 2.33. The van der Waals surface area contributed by atoms with Crippen LogP contribution in [0.5, 0.6) is 0 Å². The maximum atomic E-state index is 3.82. The van der Waals surface area contributed by atoms with Gasteiger partial charge in [-0.15, -0.1) is 6.58 Å². The molecule has 2 unspecified atom stereocenters. The van der Waals surface area contributed by atoms with Crippen molar-refractivity contribution in [3.05, 3.63) is 12.7 Å². The summed E-state index contributed by atoms with van der Waals surface area (Å²) in [6, 6.07) is 0.567. The standard InChI is InChI=1S/C10H19N/c1-4-10(3)11-7-5-6-9(2)8-11/h4,9-10H,1,5-8H2,2-3H3. The molecule has 0 amide bonds.